The molecule has 2 fully saturated rings. The lowest BCUT2D eigenvalue weighted by atomic mass is 10.3. The van der Waals surface area contributed by atoms with Crippen LogP contribution in [0.25, 0.3) is 5.52 Å². The second kappa shape index (κ2) is 9.59. The topological polar surface area (TPSA) is 103 Å². The van der Waals surface area contributed by atoms with Crippen LogP contribution in [0.3, 0.4) is 0 Å². The first kappa shape index (κ1) is 20.2. The summed E-state index contributed by atoms with van der Waals surface area (Å²) in [4.78, 5) is 16.1. The molecule has 0 spiro atoms. The van der Waals surface area contributed by atoms with E-state index in [0.717, 1.165) is 36.2 Å². The van der Waals surface area contributed by atoms with Crippen molar-refractivity contribution < 1.29 is 4.79 Å². The Balaban J connectivity index is 0.000000361. The number of H-pyrrole nitrogens is 1. The van der Waals surface area contributed by atoms with E-state index in [1.54, 1.807) is 7.05 Å². The summed E-state index contributed by atoms with van der Waals surface area (Å²) < 4.78 is 1.89. The number of hydrogen-bond donors (Lipinski definition) is 3. The Kier molecular flexibility index (Phi) is 6.68. The largest absolute Gasteiger partial charge is 0.362 e. The molecular weight excluding hydrogens is 368 g/mol. The summed E-state index contributed by atoms with van der Waals surface area (Å²) in [5.41, 5.74) is 2.18. The van der Waals surface area contributed by atoms with Gasteiger partial charge in [0.05, 0.1) is 0 Å². The fraction of sp³-hybridized carbons (Fsp3) is 0.400. The highest BCUT2D eigenvalue weighted by Gasteiger charge is 2.25. The summed E-state index contributed by atoms with van der Waals surface area (Å²) >= 11 is 0. The fourth-order valence-corrected chi connectivity index (χ4v) is 3.19. The van der Waals surface area contributed by atoms with Gasteiger partial charge in [0.15, 0.2) is 11.6 Å². The molecule has 1 amide bonds. The van der Waals surface area contributed by atoms with E-state index >= 15 is 0 Å². The van der Waals surface area contributed by atoms with E-state index in [9.17, 15) is 0 Å². The van der Waals surface area contributed by atoms with Gasteiger partial charge in [-0.1, -0.05) is 0 Å². The number of aromatic amines is 1. The number of nitrogens with one attached hydrogen (secondary N) is 3. The van der Waals surface area contributed by atoms with Gasteiger partial charge in [-0.2, -0.15) is 10.1 Å². The molecule has 1 saturated heterocycles. The number of amides is 1. The molecule has 3 aromatic rings. The van der Waals surface area contributed by atoms with Gasteiger partial charge in [-0.15, -0.1) is 17.9 Å². The summed E-state index contributed by atoms with van der Waals surface area (Å²) in [6.07, 6.45) is 15.5. The molecule has 0 atom stereocenters. The second-order valence-corrected chi connectivity index (χ2v) is 6.81. The minimum Gasteiger partial charge on any atom is -0.362 e. The SMILES string of the molecule is C#C.CNC=O.c1cc2c(Nc3cc(C4CC4)[nH]n3)nc(N3CCCC3)nn2c1. The average molecular weight is 394 g/mol. The molecule has 0 unspecified atom stereocenters. The Bertz CT molecular complexity index is 950. The number of hydrogen-bond acceptors (Lipinski definition) is 6. The van der Waals surface area contributed by atoms with Crippen LogP contribution >= 0.6 is 0 Å². The Morgan fingerprint density at radius 3 is 2.66 bits per heavy atom. The van der Waals surface area contributed by atoms with E-state index in [4.69, 9.17) is 9.78 Å². The summed E-state index contributed by atoms with van der Waals surface area (Å²) in [5.74, 6) is 3.07. The summed E-state index contributed by atoms with van der Waals surface area (Å²) in [7, 11) is 1.56. The van der Waals surface area contributed by atoms with Crippen molar-refractivity contribution in [1.29, 1.82) is 0 Å². The highest BCUT2D eigenvalue weighted by Crippen LogP contribution is 2.39. The van der Waals surface area contributed by atoms with Gasteiger partial charge in [-0.25, -0.2) is 4.52 Å². The van der Waals surface area contributed by atoms with Gasteiger partial charge in [0.2, 0.25) is 12.4 Å². The molecule has 9 heteroatoms. The van der Waals surface area contributed by atoms with Crippen LogP contribution in [-0.4, -0.2) is 51.3 Å². The summed E-state index contributed by atoms with van der Waals surface area (Å²) in [6.45, 7) is 2.06. The third-order valence-electron chi connectivity index (χ3n) is 4.75. The highest BCUT2D eigenvalue weighted by atomic mass is 16.1. The van der Waals surface area contributed by atoms with Gasteiger partial charge in [0.1, 0.15) is 5.52 Å². The van der Waals surface area contributed by atoms with Gasteiger partial charge >= 0.3 is 0 Å². The molecule has 152 valence electrons. The molecule has 1 aliphatic heterocycles. The van der Waals surface area contributed by atoms with Gasteiger partial charge < -0.3 is 15.5 Å². The van der Waals surface area contributed by atoms with Crippen molar-refractivity contribution in [1.82, 2.24) is 30.1 Å². The first-order valence-corrected chi connectivity index (χ1v) is 9.65. The molecule has 3 N–H and O–H groups in total. The number of fused-ring (bicyclic) bond motifs is 1. The standard InChI is InChI=1S/C16H19N7.C2H5NO.C2H2/c1-2-8-22(7-1)16-18-15(13-4-3-9-23(13)21-16)17-14-10-12(19-20-14)11-5-6-11;1-3-2-4;1-2/h3-4,9-11H,1-2,5-8H2,(H2,17,18,19,20,21);2H,1H3,(H,3,4);1-2H. The molecule has 1 aliphatic carbocycles. The molecular formula is C20H26N8O. The van der Waals surface area contributed by atoms with Crippen LogP contribution in [0.2, 0.25) is 0 Å². The summed E-state index contributed by atoms with van der Waals surface area (Å²) in [5, 5.41) is 17.7. The first-order valence-electron chi connectivity index (χ1n) is 9.65. The zero-order chi connectivity index (χ0) is 20.6. The maximum atomic E-state index is 9.06. The predicted molar refractivity (Wildman–Crippen MR) is 113 cm³/mol. The monoisotopic (exact) mass is 394 g/mol. The predicted octanol–water partition coefficient (Wildman–Crippen LogP) is 2.29. The molecule has 0 radical (unpaired) electrons. The lowest BCUT2D eigenvalue weighted by Gasteiger charge is -2.16. The Morgan fingerprint density at radius 2 is 2.00 bits per heavy atom. The van der Waals surface area contributed by atoms with Crippen LogP contribution in [0.5, 0.6) is 0 Å². The van der Waals surface area contributed by atoms with E-state index < -0.39 is 0 Å². The highest BCUT2D eigenvalue weighted by molar-refractivity contribution is 5.73. The Morgan fingerprint density at radius 1 is 1.28 bits per heavy atom. The van der Waals surface area contributed by atoms with Gasteiger partial charge in [-0.05, 0) is 37.8 Å². The van der Waals surface area contributed by atoms with E-state index in [0.29, 0.717) is 12.3 Å². The molecule has 29 heavy (non-hydrogen) atoms. The number of terminal acetylenes is 1. The zero-order valence-corrected chi connectivity index (χ0v) is 16.5. The molecule has 4 heterocycles. The van der Waals surface area contributed by atoms with Crippen LogP contribution in [0.4, 0.5) is 17.6 Å². The maximum absolute atomic E-state index is 9.06. The van der Waals surface area contributed by atoms with Crippen molar-refractivity contribution >= 4 is 29.5 Å². The number of aromatic nitrogens is 5. The second-order valence-electron chi connectivity index (χ2n) is 6.81. The average Bonchev–Trinajstić information content (AvgIpc) is 3.18. The van der Waals surface area contributed by atoms with Crippen LogP contribution in [0.1, 0.15) is 37.3 Å². The quantitative estimate of drug-likeness (QED) is 0.453. The zero-order valence-electron chi connectivity index (χ0n) is 16.5. The Hall–Kier alpha value is -3.54. The minimum absolute atomic E-state index is 0.625. The third-order valence-corrected chi connectivity index (χ3v) is 4.75. The summed E-state index contributed by atoms with van der Waals surface area (Å²) in [6, 6.07) is 6.10. The van der Waals surface area contributed by atoms with Crippen LogP contribution in [0, 0.1) is 12.8 Å². The third kappa shape index (κ3) is 4.85. The van der Waals surface area contributed by atoms with Gasteiger partial charge in [0.25, 0.3) is 0 Å². The van der Waals surface area contributed by atoms with Crippen molar-refractivity contribution in [2.24, 2.45) is 0 Å². The van der Waals surface area contributed by atoms with Crippen molar-refractivity contribution in [2.75, 3.05) is 30.4 Å². The van der Waals surface area contributed by atoms with Gasteiger partial charge in [-0.3, -0.25) is 9.89 Å². The van der Waals surface area contributed by atoms with Crippen molar-refractivity contribution in [3.63, 3.8) is 0 Å². The van der Waals surface area contributed by atoms with Crippen molar-refractivity contribution in [2.45, 2.75) is 31.6 Å². The number of rotatable bonds is 5. The lowest BCUT2D eigenvalue weighted by molar-refractivity contribution is -0.109. The minimum atomic E-state index is 0.625. The molecule has 0 aromatic carbocycles. The van der Waals surface area contributed by atoms with Crippen molar-refractivity contribution in [3.05, 3.63) is 30.1 Å². The number of nitrogens with zero attached hydrogens (tertiary/aromatic N) is 5. The molecule has 5 rings (SSSR count). The van der Waals surface area contributed by atoms with Crippen LogP contribution < -0.4 is 15.5 Å². The van der Waals surface area contributed by atoms with E-state index in [1.165, 1.54) is 31.4 Å². The van der Waals surface area contributed by atoms with Gasteiger partial charge in [0, 0.05) is 44.0 Å². The van der Waals surface area contributed by atoms with Crippen LogP contribution in [0.15, 0.2) is 24.4 Å². The lowest BCUT2D eigenvalue weighted by Crippen LogP contribution is -2.22. The van der Waals surface area contributed by atoms with E-state index in [2.05, 4.69) is 49.7 Å². The maximum Gasteiger partial charge on any atom is 0.245 e. The molecule has 9 nitrogen and oxygen atoms in total. The van der Waals surface area contributed by atoms with E-state index in [1.807, 2.05) is 22.8 Å². The number of anilines is 3. The van der Waals surface area contributed by atoms with Crippen LogP contribution in [-0.2, 0) is 4.79 Å². The fourth-order valence-electron chi connectivity index (χ4n) is 3.19. The molecule has 2 aliphatic rings. The molecule has 3 aromatic heterocycles. The van der Waals surface area contributed by atoms with Crippen molar-refractivity contribution in [3.8, 4) is 12.8 Å². The smallest absolute Gasteiger partial charge is 0.245 e. The number of carbonyl (C=O) groups is 1. The Labute approximate surface area is 169 Å². The molecule has 1 saturated carbocycles. The normalized spacial score (nSPS) is 15.1. The molecule has 0 bridgehead atoms. The van der Waals surface area contributed by atoms with E-state index in [-0.39, 0.29) is 0 Å². The first-order chi connectivity index (χ1) is 14.3. The number of carbonyl (C=O) groups excluding carboxylic acids is 1.